The maximum absolute atomic E-state index is 6.22. The van der Waals surface area contributed by atoms with E-state index in [1.807, 2.05) is 25.1 Å². The summed E-state index contributed by atoms with van der Waals surface area (Å²) in [6.07, 6.45) is 0. The molecule has 0 spiro atoms. The third-order valence-electron chi connectivity index (χ3n) is 3.18. The number of benzene rings is 2. The molecule has 7 heteroatoms. The highest BCUT2D eigenvalue weighted by Crippen LogP contribution is 2.33. The molecule has 0 saturated heterocycles. The van der Waals surface area contributed by atoms with Crippen molar-refractivity contribution in [2.75, 3.05) is 5.73 Å². The Labute approximate surface area is 131 Å². The molecule has 3 rings (SSSR count). The highest BCUT2D eigenvalue weighted by Gasteiger charge is 2.18. The number of anilines is 1. The summed E-state index contributed by atoms with van der Waals surface area (Å²) < 4.78 is 1.50. The monoisotopic (exact) mass is 319 g/mol. The van der Waals surface area contributed by atoms with Gasteiger partial charge < -0.3 is 5.73 Å². The van der Waals surface area contributed by atoms with E-state index < -0.39 is 0 Å². The molecule has 1 aromatic heterocycles. The first-order valence-corrected chi connectivity index (χ1v) is 6.93. The third-order valence-corrected chi connectivity index (χ3v) is 3.79. The van der Waals surface area contributed by atoms with Crippen molar-refractivity contribution in [3.05, 3.63) is 52.0 Å². The van der Waals surface area contributed by atoms with Gasteiger partial charge in [0.05, 0.1) is 10.0 Å². The van der Waals surface area contributed by atoms with Gasteiger partial charge in [0.15, 0.2) is 5.82 Å². The van der Waals surface area contributed by atoms with Gasteiger partial charge in [-0.15, -0.1) is 5.10 Å². The van der Waals surface area contributed by atoms with Gasteiger partial charge in [-0.05, 0) is 41.1 Å². The van der Waals surface area contributed by atoms with Crippen LogP contribution in [0.3, 0.4) is 0 Å². The van der Waals surface area contributed by atoms with Crippen LogP contribution in [0.1, 0.15) is 5.56 Å². The minimum atomic E-state index is 0.460. The predicted octanol–water partition coefficient (Wildman–Crippen LogP) is 3.53. The molecule has 2 N–H and O–H groups in total. The molecule has 0 atom stereocenters. The summed E-state index contributed by atoms with van der Waals surface area (Å²) in [4.78, 5) is 0. The van der Waals surface area contributed by atoms with Crippen LogP contribution >= 0.6 is 23.2 Å². The number of nitrogen functional groups attached to an aromatic ring is 1. The summed E-state index contributed by atoms with van der Waals surface area (Å²) in [6, 6.07) is 10.9. The number of hydrogen-bond donors (Lipinski definition) is 1. The Hall–Kier alpha value is -2.11. The summed E-state index contributed by atoms with van der Waals surface area (Å²) in [7, 11) is 0. The zero-order chi connectivity index (χ0) is 15.0. The average Bonchev–Trinajstić information content (AvgIpc) is 2.91. The molecule has 21 heavy (non-hydrogen) atoms. The number of para-hydroxylation sites is 2. The fraction of sp³-hybridized carbons (Fsp3) is 0.0714. The largest absolute Gasteiger partial charge is 0.398 e. The molecule has 0 fully saturated rings. The molecular formula is C14H11Cl2N5. The molecule has 0 bridgehead atoms. The van der Waals surface area contributed by atoms with E-state index in [0.717, 1.165) is 11.1 Å². The van der Waals surface area contributed by atoms with E-state index in [1.54, 1.807) is 18.2 Å². The van der Waals surface area contributed by atoms with Crippen molar-refractivity contribution in [3.8, 4) is 17.1 Å². The summed E-state index contributed by atoms with van der Waals surface area (Å²) >= 11 is 12.4. The van der Waals surface area contributed by atoms with Crippen LogP contribution in [-0.4, -0.2) is 20.2 Å². The zero-order valence-electron chi connectivity index (χ0n) is 11.1. The van der Waals surface area contributed by atoms with Crippen LogP contribution in [0.15, 0.2) is 36.4 Å². The molecule has 1 heterocycles. The second-order valence-electron chi connectivity index (χ2n) is 4.52. The van der Waals surface area contributed by atoms with Crippen LogP contribution in [0.5, 0.6) is 0 Å². The molecule has 0 aliphatic heterocycles. The summed E-state index contributed by atoms with van der Waals surface area (Å²) in [5.41, 5.74) is 8.96. The first-order chi connectivity index (χ1) is 10.1. The minimum Gasteiger partial charge on any atom is -0.398 e. The highest BCUT2D eigenvalue weighted by atomic mass is 35.5. The first-order valence-electron chi connectivity index (χ1n) is 6.18. The number of tetrazole rings is 1. The van der Waals surface area contributed by atoms with Gasteiger partial charge in [-0.2, -0.15) is 4.68 Å². The maximum Gasteiger partial charge on any atom is 0.189 e. The molecule has 3 aromatic rings. The maximum atomic E-state index is 6.22. The summed E-state index contributed by atoms with van der Waals surface area (Å²) in [5.74, 6) is 0.492. The van der Waals surface area contributed by atoms with Gasteiger partial charge in [0.2, 0.25) is 0 Å². The number of aromatic nitrogens is 4. The van der Waals surface area contributed by atoms with E-state index in [1.165, 1.54) is 4.68 Å². The zero-order valence-corrected chi connectivity index (χ0v) is 12.6. The number of halogens is 2. The van der Waals surface area contributed by atoms with Gasteiger partial charge in [0.25, 0.3) is 0 Å². The molecule has 0 radical (unpaired) electrons. The van der Waals surface area contributed by atoms with Crippen LogP contribution in [-0.2, 0) is 0 Å². The molecule has 0 amide bonds. The SMILES string of the molecule is Cc1cccc(-c2nnnn2-c2c(Cl)cccc2Cl)c1N. The Morgan fingerprint density at radius 3 is 2.43 bits per heavy atom. The molecular weight excluding hydrogens is 309 g/mol. The Kier molecular flexibility index (Phi) is 3.53. The highest BCUT2D eigenvalue weighted by molar-refractivity contribution is 6.37. The van der Waals surface area contributed by atoms with E-state index in [0.29, 0.717) is 27.2 Å². The molecule has 0 unspecified atom stereocenters. The second-order valence-corrected chi connectivity index (χ2v) is 5.34. The quantitative estimate of drug-likeness (QED) is 0.733. The van der Waals surface area contributed by atoms with Crippen LogP contribution < -0.4 is 5.73 Å². The number of hydrogen-bond acceptors (Lipinski definition) is 4. The molecule has 0 saturated carbocycles. The van der Waals surface area contributed by atoms with Crippen molar-refractivity contribution >= 4 is 28.9 Å². The van der Waals surface area contributed by atoms with Crippen LogP contribution in [0.2, 0.25) is 10.0 Å². The van der Waals surface area contributed by atoms with E-state index in [-0.39, 0.29) is 0 Å². The van der Waals surface area contributed by atoms with Crippen molar-refractivity contribution in [1.29, 1.82) is 0 Å². The van der Waals surface area contributed by atoms with Gasteiger partial charge >= 0.3 is 0 Å². The van der Waals surface area contributed by atoms with E-state index >= 15 is 0 Å². The summed E-state index contributed by atoms with van der Waals surface area (Å²) in [6.45, 7) is 1.93. The van der Waals surface area contributed by atoms with Crippen LogP contribution in [0.4, 0.5) is 5.69 Å². The van der Waals surface area contributed by atoms with E-state index in [2.05, 4.69) is 15.5 Å². The lowest BCUT2D eigenvalue weighted by Gasteiger charge is -2.11. The normalized spacial score (nSPS) is 10.8. The Morgan fingerprint density at radius 1 is 1.05 bits per heavy atom. The Morgan fingerprint density at radius 2 is 1.71 bits per heavy atom. The lowest BCUT2D eigenvalue weighted by atomic mass is 10.1. The lowest BCUT2D eigenvalue weighted by Crippen LogP contribution is -2.04. The van der Waals surface area contributed by atoms with Crippen molar-refractivity contribution < 1.29 is 0 Å². The molecule has 106 valence electrons. The van der Waals surface area contributed by atoms with Crippen molar-refractivity contribution in [1.82, 2.24) is 20.2 Å². The van der Waals surface area contributed by atoms with Crippen molar-refractivity contribution in [2.24, 2.45) is 0 Å². The van der Waals surface area contributed by atoms with Crippen LogP contribution in [0.25, 0.3) is 17.1 Å². The molecule has 2 aromatic carbocycles. The second kappa shape index (κ2) is 5.35. The Balaban J connectivity index is 2.25. The van der Waals surface area contributed by atoms with Gasteiger partial charge in [0.1, 0.15) is 5.69 Å². The molecule has 0 aliphatic rings. The number of nitrogens with zero attached hydrogens (tertiary/aromatic N) is 4. The fourth-order valence-corrected chi connectivity index (χ4v) is 2.63. The number of rotatable bonds is 2. The average molecular weight is 320 g/mol. The van der Waals surface area contributed by atoms with E-state index in [4.69, 9.17) is 28.9 Å². The smallest absolute Gasteiger partial charge is 0.189 e. The van der Waals surface area contributed by atoms with Crippen LogP contribution in [0, 0.1) is 6.92 Å². The van der Waals surface area contributed by atoms with Crippen molar-refractivity contribution in [3.63, 3.8) is 0 Å². The van der Waals surface area contributed by atoms with Crippen molar-refractivity contribution in [2.45, 2.75) is 6.92 Å². The molecule has 0 aliphatic carbocycles. The third kappa shape index (κ3) is 2.34. The lowest BCUT2D eigenvalue weighted by molar-refractivity contribution is 0.791. The number of nitrogens with two attached hydrogens (primary N) is 1. The van der Waals surface area contributed by atoms with Gasteiger partial charge in [-0.25, -0.2) is 0 Å². The van der Waals surface area contributed by atoms with E-state index in [9.17, 15) is 0 Å². The number of aryl methyl sites for hydroxylation is 1. The predicted molar refractivity (Wildman–Crippen MR) is 83.8 cm³/mol. The first kappa shape index (κ1) is 13.9. The fourth-order valence-electron chi connectivity index (χ4n) is 2.07. The van der Waals surface area contributed by atoms with Gasteiger partial charge in [-0.1, -0.05) is 41.4 Å². The molecule has 5 nitrogen and oxygen atoms in total. The Bertz CT molecular complexity index is 793. The van der Waals surface area contributed by atoms with Gasteiger partial charge in [-0.3, -0.25) is 0 Å². The standard InChI is InChI=1S/C14H11Cl2N5/c1-8-4-2-5-9(12(8)17)14-18-19-20-21(14)13-10(15)6-3-7-11(13)16/h2-7H,17H2,1H3. The summed E-state index contributed by atoms with van der Waals surface area (Å²) in [5, 5.41) is 12.7. The van der Waals surface area contributed by atoms with Gasteiger partial charge in [0, 0.05) is 11.3 Å². The topological polar surface area (TPSA) is 69.6 Å². The minimum absolute atomic E-state index is 0.460.